The van der Waals surface area contributed by atoms with E-state index in [9.17, 15) is 0 Å². The van der Waals surface area contributed by atoms with Crippen molar-refractivity contribution in [1.29, 1.82) is 0 Å². The number of rotatable bonds is 3. The van der Waals surface area contributed by atoms with Crippen LogP contribution >= 0.6 is 12.2 Å². The van der Waals surface area contributed by atoms with Gasteiger partial charge in [0.25, 0.3) is 0 Å². The Bertz CT molecular complexity index is 653. The average molecular weight is 327 g/mol. The van der Waals surface area contributed by atoms with Crippen molar-refractivity contribution in [3.8, 4) is 0 Å². The van der Waals surface area contributed by atoms with Gasteiger partial charge in [0.05, 0.1) is 0 Å². The molecule has 2 heterocycles. The van der Waals surface area contributed by atoms with Gasteiger partial charge in [-0.3, -0.25) is 0 Å². The molecule has 120 valence electrons. The minimum absolute atomic E-state index is 0.784. The standard InChI is InChI=1S/C17H21N5S/c1-2-14-5-3-6-15(13-14)20-17(23)22-11-9-21(10-12-22)16-18-7-4-8-19-16/h3-8,13H,2,9-12H2,1H3,(H,20,23). The summed E-state index contributed by atoms with van der Waals surface area (Å²) in [4.78, 5) is 13.0. The summed E-state index contributed by atoms with van der Waals surface area (Å²) in [6.07, 6.45) is 4.58. The zero-order valence-electron chi connectivity index (χ0n) is 13.3. The van der Waals surface area contributed by atoms with Gasteiger partial charge in [0.15, 0.2) is 5.11 Å². The Hall–Kier alpha value is -2.21. The Morgan fingerprint density at radius 2 is 1.87 bits per heavy atom. The fourth-order valence-corrected chi connectivity index (χ4v) is 2.94. The maximum Gasteiger partial charge on any atom is 0.225 e. The first-order valence-corrected chi connectivity index (χ1v) is 8.34. The van der Waals surface area contributed by atoms with Crippen LogP contribution in [0.1, 0.15) is 12.5 Å². The Morgan fingerprint density at radius 3 is 2.57 bits per heavy atom. The molecule has 1 fully saturated rings. The van der Waals surface area contributed by atoms with E-state index >= 15 is 0 Å². The summed E-state index contributed by atoms with van der Waals surface area (Å²) in [6.45, 7) is 5.65. The molecule has 1 aromatic heterocycles. The molecule has 0 atom stereocenters. The minimum Gasteiger partial charge on any atom is -0.345 e. The number of thiocarbonyl (C=S) groups is 1. The number of piperazine rings is 1. The van der Waals surface area contributed by atoms with Crippen LogP contribution in [0.4, 0.5) is 11.6 Å². The van der Waals surface area contributed by atoms with Crippen molar-refractivity contribution in [2.75, 3.05) is 36.4 Å². The van der Waals surface area contributed by atoms with Gasteiger partial charge in [0.2, 0.25) is 5.95 Å². The monoisotopic (exact) mass is 327 g/mol. The van der Waals surface area contributed by atoms with Gasteiger partial charge in [-0.05, 0) is 42.4 Å². The molecule has 0 unspecified atom stereocenters. The molecule has 0 radical (unpaired) electrons. The second-order valence-electron chi connectivity index (χ2n) is 5.51. The zero-order valence-corrected chi connectivity index (χ0v) is 14.1. The lowest BCUT2D eigenvalue weighted by atomic mass is 10.1. The van der Waals surface area contributed by atoms with Gasteiger partial charge in [-0.2, -0.15) is 0 Å². The lowest BCUT2D eigenvalue weighted by Crippen LogP contribution is -2.50. The molecule has 3 rings (SSSR count). The third kappa shape index (κ3) is 3.96. The number of aryl methyl sites for hydroxylation is 1. The molecule has 1 aromatic carbocycles. The van der Waals surface area contributed by atoms with Crippen LogP contribution in [0.15, 0.2) is 42.7 Å². The van der Waals surface area contributed by atoms with Crippen molar-refractivity contribution in [2.24, 2.45) is 0 Å². The van der Waals surface area contributed by atoms with E-state index in [1.807, 2.05) is 6.07 Å². The van der Waals surface area contributed by atoms with Crippen LogP contribution in [0.5, 0.6) is 0 Å². The third-order valence-corrected chi connectivity index (χ3v) is 4.35. The first-order valence-electron chi connectivity index (χ1n) is 7.93. The maximum atomic E-state index is 5.56. The Balaban J connectivity index is 1.56. The van der Waals surface area contributed by atoms with E-state index in [4.69, 9.17) is 12.2 Å². The van der Waals surface area contributed by atoms with Crippen LogP contribution in [0.2, 0.25) is 0 Å². The molecule has 2 aromatic rings. The number of benzene rings is 1. The number of hydrogen-bond acceptors (Lipinski definition) is 4. The highest BCUT2D eigenvalue weighted by Crippen LogP contribution is 2.14. The lowest BCUT2D eigenvalue weighted by molar-refractivity contribution is 0.388. The number of nitrogens with zero attached hydrogens (tertiary/aromatic N) is 4. The SMILES string of the molecule is CCc1cccc(NC(=S)N2CCN(c3ncccn3)CC2)c1. The van der Waals surface area contributed by atoms with Crippen molar-refractivity contribution in [3.05, 3.63) is 48.3 Å². The molecule has 23 heavy (non-hydrogen) atoms. The van der Waals surface area contributed by atoms with E-state index in [2.05, 4.69) is 56.3 Å². The fraction of sp³-hybridized carbons (Fsp3) is 0.353. The van der Waals surface area contributed by atoms with Crippen LogP contribution in [-0.4, -0.2) is 46.2 Å². The van der Waals surface area contributed by atoms with Gasteiger partial charge < -0.3 is 15.1 Å². The largest absolute Gasteiger partial charge is 0.345 e. The van der Waals surface area contributed by atoms with E-state index in [0.717, 1.165) is 49.3 Å². The van der Waals surface area contributed by atoms with Gasteiger partial charge in [-0.25, -0.2) is 9.97 Å². The van der Waals surface area contributed by atoms with Crippen molar-refractivity contribution in [2.45, 2.75) is 13.3 Å². The Kier molecular flexibility index (Phi) is 5.02. The topological polar surface area (TPSA) is 44.3 Å². The van der Waals surface area contributed by atoms with E-state index in [-0.39, 0.29) is 0 Å². The molecule has 1 aliphatic heterocycles. The molecule has 5 nitrogen and oxygen atoms in total. The van der Waals surface area contributed by atoms with Gasteiger partial charge in [-0.15, -0.1) is 0 Å². The molecule has 0 saturated carbocycles. The molecular formula is C17H21N5S. The first-order chi connectivity index (χ1) is 11.3. The average Bonchev–Trinajstić information content (AvgIpc) is 2.63. The summed E-state index contributed by atoms with van der Waals surface area (Å²) in [5.41, 5.74) is 2.37. The summed E-state index contributed by atoms with van der Waals surface area (Å²) in [5, 5.41) is 4.13. The van der Waals surface area contributed by atoms with Crippen molar-refractivity contribution >= 4 is 29.0 Å². The molecule has 1 aliphatic rings. The molecule has 6 heteroatoms. The predicted molar refractivity (Wildman–Crippen MR) is 97.9 cm³/mol. The van der Waals surface area contributed by atoms with Gasteiger partial charge >= 0.3 is 0 Å². The van der Waals surface area contributed by atoms with Crippen molar-refractivity contribution in [3.63, 3.8) is 0 Å². The number of hydrogen-bond donors (Lipinski definition) is 1. The van der Waals surface area contributed by atoms with E-state index in [0.29, 0.717) is 0 Å². The van der Waals surface area contributed by atoms with Crippen LogP contribution in [0.3, 0.4) is 0 Å². The second-order valence-corrected chi connectivity index (χ2v) is 5.89. The van der Waals surface area contributed by atoms with Crippen LogP contribution in [0.25, 0.3) is 0 Å². The molecule has 0 amide bonds. The zero-order chi connectivity index (χ0) is 16.1. The minimum atomic E-state index is 0.784. The summed E-state index contributed by atoms with van der Waals surface area (Å²) in [6, 6.07) is 10.2. The molecular weight excluding hydrogens is 306 g/mol. The predicted octanol–water partition coefficient (Wildman–Crippen LogP) is 2.56. The lowest BCUT2D eigenvalue weighted by Gasteiger charge is -2.36. The molecule has 1 saturated heterocycles. The molecule has 0 bridgehead atoms. The molecule has 0 aliphatic carbocycles. The molecule has 1 N–H and O–H groups in total. The summed E-state index contributed by atoms with van der Waals surface area (Å²) in [5.74, 6) is 0.793. The van der Waals surface area contributed by atoms with E-state index < -0.39 is 0 Å². The van der Waals surface area contributed by atoms with Gasteiger partial charge in [-0.1, -0.05) is 19.1 Å². The second kappa shape index (κ2) is 7.37. The highest BCUT2D eigenvalue weighted by atomic mass is 32.1. The normalized spacial score (nSPS) is 14.7. The summed E-state index contributed by atoms with van der Waals surface area (Å²) < 4.78 is 0. The van der Waals surface area contributed by atoms with Crippen molar-refractivity contribution in [1.82, 2.24) is 14.9 Å². The third-order valence-electron chi connectivity index (χ3n) is 3.99. The quantitative estimate of drug-likeness (QED) is 0.874. The smallest absolute Gasteiger partial charge is 0.225 e. The van der Waals surface area contributed by atoms with E-state index in [1.54, 1.807) is 12.4 Å². The van der Waals surface area contributed by atoms with Crippen LogP contribution in [0, 0.1) is 0 Å². The Morgan fingerprint density at radius 1 is 1.13 bits per heavy atom. The van der Waals surface area contributed by atoms with Crippen molar-refractivity contribution < 1.29 is 0 Å². The van der Waals surface area contributed by atoms with Crippen LogP contribution in [-0.2, 0) is 6.42 Å². The van der Waals surface area contributed by atoms with E-state index in [1.165, 1.54) is 5.56 Å². The number of anilines is 2. The number of aromatic nitrogens is 2. The highest BCUT2D eigenvalue weighted by molar-refractivity contribution is 7.80. The summed E-state index contributed by atoms with van der Waals surface area (Å²) in [7, 11) is 0. The number of nitrogens with one attached hydrogen (secondary N) is 1. The van der Waals surface area contributed by atoms with Gasteiger partial charge in [0, 0.05) is 44.3 Å². The highest BCUT2D eigenvalue weighted by Gasteiger charge is 2.20. The first kappa shape index (κ1) is 15.7. The molecule has 0 spiro atoms. The maximum absolute atomic E-state index is 5.56. The van der Waals surface area contributed by atoms with Gasteiger partial charge in [0.1, 0.15) is 0 Å². The summed E-state index contributed by atoms with van der Waals surface area (Å²) >= 11 is 5.56. The fourth-order valence-electron chi connectivity index (χ4n) is 2.64. The Labute approximate surface area is 142 Å². The van der Waals surface area contributed by atoms with Crippen LogP contribution < -0.4 is 10.2 Å².